The van der Waals surface area contributed by atoms with Crippen LogP contribution in [0.3, 0.4) is 0 Å². The Hall–Kier alpha value is -0.0400. The standard InChI is InChI=1S/C26H51ClO/c1-2-3-4-5-6-7-8-9-10-11-12-13-14-15-16-17-18-19-20-21-22-23-24-25-26(27)28/h2-25H2,1H3. The Kier molecular flexibility index (Phi) is 25.0. The van der Waals surface area contributed by atoms with Gasteiger partial charge in [0.25, 0.3) is 0 Å². The van der Waals surface area contributed by atoms with Gasteiger partial charge in [-0.3, -0.25) is 4.79 Å². The molecule has 28 heavy (non-hydrogen) atoms. The Morgan fingerprint density at radius 3 is 0.857 bits per heavy atom. The summed E-state index contributed by atoms with van der Waals surface area (Å²) in [6, 6.07) is 0. The van der Waals surface area contributed by atoms with E-state index in [1.165, 1.54) is 135 Å². The molecule has 0 aromatic heterocycles. The normalized spacial score (nSPS) is 11.2. The number of carbonyl (C=O) groups excluding carboxylic acids is 1. The second-order valence-electron chi connectivity index (χ2n) is 8.88. The van der Waals surface area contributed by atoms with Gasteiger partial charge < -0.3 is 0 Å². The van der Waals surface area contributed by atoms with E-state index in [4.69, 9.17) is 11.6 Å². The SMILES string of the molecule is CCCCCCCCCCCCCCCCCCCCCCCCCC(=O)Cl. The van der Waals surface area contributed by atoms with E-state index >= 15 is 0 Å². The smallest absolute Gasteiger partial charge is 0.221 e. The molecule has 0 aliphatic rings. The molecule has 0 bridgehead atoms. The van der Waals surface area contributed by atoms with Crippen molar-refractivity contribution < 1.29 is 4.79 Å². The Morgan fingerprint density at radius 1 is 0.429 bits per heavy atom. The molecule has 0 aromatic rings. The summed E-state index contributed by atoms with van der Waals surface area (Å²) in [5, 5.41) is -0.177. The molecule has 0 atom stereocenters. The molecule has 0 unspecified atom stereocenters. The van der Waals surface area contributed by atoms with E-state index in [0.717, 1.165) is 12.8 Å². The topological polar surface area (TPSA) is 17.1 Å². The molecule has 0 saturated carbocycles. The molecule has 0 aromatic carbocycles. The van der Waals surface area contributed by atoms with E-state index in [0.29, 0.717) is 6.42 Å². The predicted octanol–water partition coefficient (Wildman–Crippen LogP) is 10.1. The lowest BCUT2D eigenvalue weighted by Gasteiger charge is -2.04. The van der Waals surface area contributed by atoms with Crippen LogP contribution >= 0.6 is 11.6 Å². The quantitative estimate of drug-likeness (QED) is 0.113. The number of rotatable bonds is 24. The van der Waals surface area contributed by atoms with E-state index in [9.17, 15) is 4.79 Å². The Balaban J connectivity index is 2.99. The molecule has 0 heterocycles. The highest BCUT2D eigenvalue weighted by atomic mass is 35.5. The number of hydrogen-bond donors (Lipinski definition) is 0. The lowest BCUT2D eigenvalue weighted by molar-refractivity contribution is -0.111. The maximum Gasteiger partial charge on any atom is 0.221 e. The van der Waals surface area contributed by atoms with Gasteiger partial charge in [0.05, 0.1) is 0 Å². The molecular formula is C26H51ClO. The van der Waals surface area contributed by atoms with Crippen LogP contribution in [0.15, 0.2) is 0 Å². The van der Waals surface area contributed by atoms with Crippen molar-refractivity contribution in [2.45, 2.75) is 161 Å². The third kappa shape index (κ3) is 26.0. The van der Waals surface area contributed by atoms with Crippen LogP contribution in [0.5, 0.6) is 0 Å². The number of halogens is 1. The van der Waals surface area contributed by atoms with Gasteiger partial charge in [-0.2, -0.15) is 0 Å². The fraction of sp³-hybridized carbons (Fsp3) is 0.962. The molecule has 0 aliphatic heterocycles. The molecule has 0 fully saturated rings. The van der Waals surface area contributed by atoms with E-state index in [2.05, 4.69) is 6.92 Å². The van der Waals surface area contributed by atoms with Crippen LogP contribution in [-0.2, 0) is 4.79 Å². The first-order valence-corrected chi connectivity index (χ1v) is 13.3. The minimum absolute atomic E-state index is 0.177. The van der Waals surface area contributed by atoms with Crippen molar-refractivity contribution in [2.24, 2.45) is 0 Å². The first-order chi connectivity index (χ1) is 13.8. The average molecular weight is 415 g/mol. The van der Waals surface area contributed by atoms with Crippen molar-refractivity contribution in [2.75, 3.05) is 0 Å². The Morgan fingerprint density at radius 2 is 0.643 bits per heavy atom. The first kappa shape index (κ1) is 28.0. The zero-order valence-corrected chi connectivity index (χ0v) is 20.0. The van der Waals surface area contributed by atoms with Gasteiger partial charge in [0, 0.05) is 6.42 Å². The molecule has 0 amide bonds. The maximum atomic E-state index is 10.6. The van der Waals surface area contributed by atoms with Crippen molar-refractivity contribution in [1.29, 1.82) is 0 Å². The summed E-state index contributed by atoms with van der Waals surface area (Å²) in [7, 11) is 0. The summed E-state index contributed by atoms with van der Waals surface area (Å²) in [4.78, 5) is 10.6. The third-order valence-electron chi connectivity index (χ3n) is 5.98. The minimum atomic E-state index is -0.177. The number of hydrogen-bond acceptors (Lipinski definition) is 1. The van der Waals surface area contributed by atoms with Crippen molar-refractivity contribution in [3.8, 4) is 0 Å². The van der Waals surface area contributed by atoms with Crippen LogP contribution in [0.25, 0.3) is 0 Å². The van der Waals surface area contributed by atoms with Crippen LogP contribution in [0.1, 0.15) is 161 Å². The fourth-order valence-corrected chi connectivity index (χ4v) is 4.18. The van der Waals surface area contributed by atoms with Gasteiger partial charge in [-0.05, 0) is 18.0 Å². The van der Waals surface area contributed by atoms with Crippen molar-refractivity contribution in [1.82, 2.24) is 0 Å². The van der Waals surface area contributed by atoms with Crippen LogP contribution < -0.4 is 0 Å². The highest BCUT2D eigenvalue weighted by Crippen LogP contribution is 2.15. The van der Waals surface area contributed by atoms with Crippen LogP contribution in [0.4, 0.5) is 0 Å². The second kappa shape index (κ2) is 25.0. The van der Waals surface area contributed by atoms with Crippen molar-refractivity contribution >= 4 is 16.8 Å². The van der Waals surface area contributed by atoms with Gasteiger partial charge in [0.1, 0.15) is 0 Å². The Bertz CT molecular complexity index is 303. The van der Waals surface area contributed by atoms with Crippen LogP contribution in [0.2, 0.25) is 0 Å². The van der Waals surface area contributed by atoms with Gasteiger partial charge in [0.15, 0.2) is 0 Å². The zero-order chi connectivity index (χ0) is 20.5. The summed E-state index contributed by atoms with van der Waals surface area (Å²) >= 11 is 5.34. The highest BCUT2D eigenvalue weighted by molar-refractivity contribution is 6.63. The average Bonchev–Trinajstić information content (AvgIpc) is 2.68. The summed E-state index contributed by atoms with van der Waals surface area (Å²) < 4.78 is 0. The lowest BCUT2D eigenvalue weighted by atomic mass is 10.0. The summed E-state index contributed by atoms with van der Waals surface area (Å²) in [6.07, 6.45) is 32.7. The largest absolute Gasteiger partial charge is 0.281 e. The molecule has 1 nitrogen and oxygen atoms in total. The molecule has 0 radical (unpaired) electrons. The monoisotopic (exact) mass is 414 g/mol. The fourth-order valence-electron chi connectivity index (χ4n) is 4.05. The van der Waals surface area contributed by atoms with Crippen molar-refractivity contribution in [3.63, 3.8) is 0 Å². The number of carbonyl (C=O) groups is 1. The van der Waals surface area contributed by atoms with Gasteiger partial charge in [0.2, 0.25) is 5.24 Å². The van der Waals surface area contributed by atoms with Crippen molar-refractivity contribution in [3.05, 3.63) is 0 Å². The van der Waals surface area contributed by atoms with Gasteiger partial charge in [-0.1, -0.05) is 148 Å². The van der Waals surface area contributed by atoms with Crippen LogP contribution in [-0.4, -0.2) is 5.24 Å². The van der Waals surface area contributed by atoms with E-state index in [-0.39, 0.29) is 5.24 Å². The van der Waals surface area contributed by atoms with E-state index in [1.807, 2.05) is 0 Å². The molecule has 2 heteroatoms. The molecule has 168 valence electrons. The molecule has 0 rings (SSSR count). The second-order valence-corrected chi connectivity index (χ2v) is 9.30. The van der Waals surface area contributed by atoms with E-state index < -0.39 is 0 Å². The summed E-state index contributed by atoms with van der Waals surface area (Å²) in [5.74, 6) is 0. The van der Waals surface area contributed by atoms with Gasteiger partial charge >= 0.3 is 0 Å². The highest BCUT2D eigenvalue weighted by Gasteiger charge is 1.97. The molecule has 0 N–H and O–H groups in total. The first-order valence-electron chi connectivity index (χ1n) is 13.0. The Labute approximate surface area is 182 Å². The maximum absolute atomic E-state index is 10.6. The van der Waals surface area contributed by atoms with Gasteiger partial charge in [-0.15, -0.1) is 0 Å². The molecule has 0 saturated heterocycles. The zero-order valence-electron chi connectivity index (χ0n) is 19.3. The third-order valence-corrected chi connectivity index (χ3v) is 6.17. The van der Waals surface area contributed by atoms with Gasteiger partial charge in [-0.25, -0.2) is 0 Å². The molecule has 0 aliphatic carbocycles. The predicted molar refractivity (Wildman–Crippen MR) is 127 cm³/mol. The lowest BCUT2D eigenvalue weighted by Crippen LogP contribution is -1.86. The molecular weight excluding hydrogens is 364 g/mol. The summed E-state index contributed by atoms with van der Waals surface area (Å²) in [6.45, 7) is 2.29. The summed E-state index contributed by atoms with van der Waals surface area (Å²) in [5.41, 5.74) is 0. The minimum Gasteiger partial charge on any atom is -0.281 e. The van der Waals surface area contributed by atoms with E-state index in [1.54, 1.807) is 0 Å². The van der Waals surface area contributed by atoms with Crippen LogP contribution in [0, 0.1) is 0 Å². The molecule has 0 spiro atoms. The number of unbranched alkanes of at least 4 members (excludes halogenated alkanes) is 22.